The van der Waals surface area contributed by atoms with E-state index in [1.54, 1.807) is 0 Å². The molecule has 0 amide bonds. The molecule has 1 aromatic rings. The van der Waals surface area contributed by atoms with Crippen LogP contribution in [0, 0.1) is 11.6 Å². The average molecular weight is 273 g/mol. The molecule has 0 bridgehead atoms. The summed E-state index contributed by atoms with van der Waals surface area (Å²) in [6.07, 6.45) is 0. The van der Waals surface area contributed by atoms with E-state index >= 15 is 0 Å². The minimum Gasteiger partial charge on any atom is -0.379 e. The third-order valence-electron chi connectivity index (χ3n) is 2.45. The summed E-state index contributed by atoms with van der Waals surface area (Å²) in [6, 6.07) is 3.28. The molecule has 98 valence electrons. The topological polar surface area (TPSA) is 36.5 Å². The number of benzene rings is 1. The summed E-state index contributed by atoms with van der Waals surface area (Å²) in [7, 11) is 0. The first-order valence-corrected chi connectivity index (χ1v) is 5.91. The maximum Gasteiger partial charge on any atom is 0.185 e. The molecule has 4 nitrogen and oxygen atoms in total. The van der Waals surface area contributed by atoms with Gasteiger partial charge in [-0.05, 0) is 24.4 Å². The van der Waals surface area contributed by atoms with Gasteiger partial charge in [-0.1, -0.05) is 0 Å². The van der Waals surface area contributed by atoms with Gasteiger partial charge < -0.3 is 10.1 Å². The highest BCUT2D eigenvalue weighted by atomic mass is 32.1. The summed E-state index contributed by atoms with van der Waals surface area (Å²) in [4.78, 5) is 0. The molecule has 0 atom stereocenters. The molecular weight excluding hydrogens is 260 g/mol. The Kier molecular flexibility index (Phi) is 4.40. The zero-order chi connectivity index (χ0) is 13.0. The number of halogens is 2. The number of ether oxygens (including phenoxy) is 1. The lowest BCUT2D eigenvalue weighted by molar-refractivity contribution is 0.0252. The molecule has 1 aliphatic rings. The van der Waals surface area contributed by atoms with Gasteiger partial charge in [-0.2, -0.15) is 0 Å². The van der Waals surface area contributed by atoms with Crippen LogP contribution in [0.15, 0.2) is 18.2 Å². The van der Waals surface area contributed by atoms with Gasteiger partial charge in [0, 0.05) is 19.2 Å². The first kappa shape index (κ1) is 13.1. The summed E-state index contributed by atoms with van der Waals surface area (Å²) in [5.41, 5.74) is 3.06. The van der Waals surface area contributed by atoms with Gasteiger partial charge in [0.2, 0.25) is 0 Å². The van der Waals surface area contributed by atoms with Gasteiger partial charge in [0.25, 0.3) is 0 Å². The number of hydrogen-bond acceptors (Lipinski definition) is 3. The number of morpholine rings is 1. The quantitative estimate of drug-likeness (QED) is 0.799. The van der Waals surface area contributed by atoms with Crippen LogP contribution in [0.2, 0.25) is 0 Å². The Balaban J connectivity index is 1.90. The third kappa shape index (κ3) is 3.59. The van der Waals surface area contributed by atoms with Crippen molar-refractivity contribution in [3.63, 3.8) is 0 Å². The fourth-order valence-electron chi connectivity index (χ4n) is 1.56. The molecule has 0 spiro atoms. The molecule has 0 saturated carbocycles. The summed E-state index contributed by atoms with van der Waals surface area (Å²) in [5, 5.41) is 4.82. The van der Waals surface area contributed by atoms with Crippen molar-refractivity contribution < 1.29 is 13.5 Å². The highest BCUT2D eigenvalue weighted by molar-refractivity contribution is 7.80. The third-order valence-corrected chi connectivity index (χ3v) is 2.64. The summed E-state index contributed by atoms with van der Waals surface area (Å²) < 4.78 is 31.3. The Morgan fingerprint density at radius 1 is 1.28 bits per heavy atom. The van der Waals surface area contributed by atoms with Crippen molar-refractivity contribution in [3.05, 3.63) is 29.8 Å². The number of nitrogens with one attached hydrogen (secondary N) is 2. The van der Waals surface area contributed by atoms with Crippen LogP contribution < -0.4 is 10.7 Å². The minimum absolute atomic E-state index is 0.141. The van der Waals surface area contributed by atoms with Gasteiger partial charge in [-0.15, -0.1) is 0 Å². The van der Waals surface area contributed by atoms with E-state index in [4.69, 9.17) is 17.0 Å². The van der Waals surface area contributed by atoms with Crippen molar-refractivity contribution in [1.82, 2.24) is 10.4 Å². The van der Waals surface area contributed by atoms with Crippen molar-refractivity contribution in [2.45, 2.75) is 0 Å². The van der Waals surface area contributed by atoms with E-state index in [1.807, 2.05) is 5.01 Å². The second kappa shape index (κ2) is 6.03. The standard InChI is InChI=1S/C11H13F2N3OS/c12-8-1-2-10(9(13)7-8)14-11(18)15-16-3-5-17-6-4-16/h1-2,7H,3-6H2,(H2,14,15,18). The van der Waals surface area contributed by atoms with Gasteiger partial charge in [-0.3, -0.25) is 5.43 Å². The van der Waals surface area contributed by atoms with Crippen LogP contribution in [0.5, 0.6) is 0 Å². The molecule has 1 heterocycles. The highest BCUT2D eigenvalue weighted by Crippen LogP contribution is 2.14. The first-order chi connectivity index (χ1) is 8.65. The molecular formula is C11H13F2N3OS. The van der Waals surface area contributed by atoms with Gasteiger partial charge >= 0.3 is 0 Å². The molecule has 1 aromatic carbocycles. The number of thiocarbonyl (C=S) groups is 1. The van der Waals surface area contributed by atoms with Crippen molar-refractivity contribution in [2.75, 3.05) is 31.6 Å². The Labute approximate surface area is 109 Å². The molecule has 0 aliphatic carbocycles. The maximum absolute atomic E-state index is 13.4. The largest absolute Gasteiger partial charge is 0.379 e. The maximum atomic E-state index is 13.4. The lowest BCUT2D eigenvalue weighted by Gasteiger charge is -2.28. The number of rotatable bonds is 2. The SMILES string of the molecule is Fc1ccc(NC(=S)NN2CCOCC2)c(F)c1. The predicted octanol–water partition coefficient (Wildman–Crippen LogP) is 1.50. The van der Waals surface area contributed by atoms with E-state index in [-0.39, 0.29) is 10.8 Å². The summed E-state index contributed by atoms with van der Waals surface area (Å²) in [6.45, 7) is 2.66. The number of hydrogen-bond donors (Lipinski definition) is 2. The van der Waals surface area contributed by atoms with E-state index in [2.05, 4.69) is 10.7 Å². The average Bonchev–Trinajstić information content (AvgIpc) is 2.34. The van der Waals surface area contributed by atoms with Crippen molar-refractivity contribution in [3.8, 4) is 0 Å². The molecule has 1 saturated heterocycles. The molecule has 18 heavy (non-hydrogen) atoms. The van der Waals surface area contributed by atoms with Crippen molar-refractivity contribution in [1.29, 1.82) is 0 Å². The van der Waals surface area contributed by atoms with E-state index in [9.17, 15) is 8.78 Å². The Morgan fingerprint density at radius 2 is 2.00 bits per heavy atom. The highest BCUT2D eigenvalue weighted by Gasteiger charge is 2.12. The van der Waals surface area contributed by atoms with Crippen LogP contribution in [0.1, 0.15) is 0 Å². The number of nitrogens with zero attached hydrogens (tertiary/aromatic N) is 1. The lowest BCUT2D eigenvalue weighted by atomic mass is 10.3. The molecule has 7 heteroatoms. The molecule has 0 radical (unpaired) electrons. The van der Waals surface area contributed by atoms with Crippen molar-refractivity contribution >= 4 is 23.0 Å². The van der Waals surface area contributed by atoms with Gasteiger partial charge in [0.1, 0.15) is 11.6 Å². The zero-order valence-corrected chi connectivity index (χ0v) is 10.4. The molecule has 1 aliphatic heterocycles. The van der Waals surface area contributed by atoms with Crippen LogP contribution in [0.3, 0.4) is 0 Å². The van der Waals surface area contributed by atoms with E-state index < -0.39 is 11.6 Å². The fraction of sp³-hybridized carbons (Fsp3) is 0.364. The van der Waals surface area contributed by atoms with Gasteiger partial charge in [0.15, 0.2) is 5.11 Å². The fourth-order valence-corrected chi connectivity index (χ4v) is 1.80. The normalized spacial score (nSPS) is 16.3. The van der Waals surface area contributed by atoms with Crippen LogP contribution in [-0.2, 0) is 4.74 Å². The molecule has 0 unspecified atom stereocenters. The summed E-state index contributed by atoms with van der Waals surface area (Å²) in [5.74, 6) is -1.30. The van der Waals surface area contributed by atoms with E-state index in [0.29, 0.717) is 26.3 Å². The smallest absolute Gasteiger partial charge is 0.185 e. The number of anilines is 1. The Hall–Kier alpha value is -1.31. The Bertz CT molecular complexity index is 438. The molecule has 2 rings (SSSR count). The van der Waals surface area contributed by atoms with Gasteiger partial charge in [-0.25, -0.2) is 13.8 Å². The van der Waals surface area contributed by atoms with Crippen LogP contribution in [-0.4, -0.2) is 36.4 Å². The van der Waals surface area contributed by atoms with E-state index in [0.717, 1.165) is 6.07 Å². The predicted molar refractivity (Wildman–Crippen MR) is 68.1 cm³/mol. The van der Waals surface area contributed by atoms with Crippen LogP contribution >= 0.6 is 12.2 Å². The summed E-state index contributed by atoms with van der Waals surface area (Å²) >= 11 is 5.04. The van der Waals surface area contributed by atoms with Crippen LogP contribution in [0.4, 0.5) is 14.5 Å². The van der Waals surface area contributed by atoms with Crippen molar-refractivity contribution in [2.24, 2.45) is 0 Å². The van der Waals surface area contributed by atoms with Crippen LogP contribution in [0.25, 0.3) is 0 Å². The second-order valence-corrected chi connectivity index (χ2v) is 4.20. The lowest BCUT2D eigenvalue weighted by Crippen LogP contribution is -2.49. The Morgan fingerprint density at radius 3 is 2.67 bits per heavy atom. The number of hydrazine groups is 1. The monoisotopic (exact) mass is 273 g/mol. The molecule has 2 N–H and O–H groups in total. The minimum atomic E-state index is -0.680. The molecule has 0 aromatic heterocycles. The second-order valence-electron chi connectivity index (χ2n) is 3.79. The zero-order valence-electron chi connectivity index (χ0n) is 9.58. The molecule has 1 fully saturated rings. The first-order valence-electron chi connectivity index (χ1n) is 5.50. The van der Waals surface area contributed by atoms with Gasteiger partial charge in [0.05, 0.1) is 18.9 Å². The van der Waals surface area contributed by atoms with E-state index in [1.165, 1.54) is 12.1 Å².